The van der Waals surface area contributed by atoms with Crippen molar-refractivity contribution in [2.24, 2.45) is 0 Å². The summed E-state index contributed by atoms with van der Waals surface area (Å²) in [5.41, 5.74) is 4.22. The normalized spacial score (nSPS) is 24.4. The maximum atomic E-state index is 6.17. The van der Waals surface area contributed by atoms with E-state index in [-0.39, 0.29) is 6.10 Å². The third-order valence-corrected chi connectivity index (χ3v) is 3.71. The van der Waals surface area contributed by atoms with Crippen LogP contribution in [0.5, 0.6) is 0 Å². The molecule has 0 aromatic heterocycles. The van der Waals surface area contributed by atoms with Gasteiger partial charge in [0.1, 0.15) is 0 Å². The predicted octanol–water partition coefficient (Wildman–Crippen LogP) is 2.49. The second kappa shape index (κ2) is 4.36. The molecule has 0 saturated carbocycles. The van der Waals surface area contributed by atoms with Crippen LogP contribution in [-0.4, -0.2) is 19.7 Å². The maximum Gasteiger partial charge on any atom is 0.0953 e. The Morgan fingerprint density at radius 1 is 1.31 bits per heavy atom. The summed E-state index contributed by atoms with van der Waals surface area (Å²) in [6, 6.07) is 4.20. The van der Waals surface area contributed by atoms with Gasteiger partial charge in [-0.15, -0.1) is 0 Å². The summed E-state index contributed by atoms with van der Waals surface area (Å²) in [7, 11) is 0. The number of nitrogens with one attached hydrogen (secondary N) is 1. The molecule has 1 N–H and O–H groups in total. The summed E-state index contributed by atoms with van der Waals surface area (Å²) in [5, 5.41) is 4.23. The van der Waals surface area contributed by atoms with Crippen LogP contribution in [0.15, 0.2) is 12.1 Å². The van der Waals surface area contributed by atoms with E-state index < -0.39 is 0 Å². The molecule has 1 aliphatic carbocycles. The number of aryl methyl sites for hydroxylation is 1. The van der Waals surface area contributed by atoms with Crippen molar-refractivity contribution in [1.82, 2.24) is 5.32 Å². The van der Waals surface area contributed by atoms with Crippen molar-refractivity contribution >= 4 is 11.6 Å². The van der Waals surface area contributed by atoms with Crippen LogP contribution in [-0.2, 0) is 17.6 Å². The van der Waals surface area contributed by atoms with Crippen molar-refractivity contribution < 1.29 is 4.74 Å². The van der Waals surface area contributed by atoms with E-state index in [1.54, 1.807) is 0 Å². The lowest BCUT2D eigenvalue weighted by Gasteiger charge is -2.26. The zero-order valence-electron chi connectivity index (χ0n) is 9.26. The zero-order chi connectivity index (χ0) is 11.0. The quantitative estimate of drug-likeness (QED) is 0.811. The molecule has 1 saturated heterocycles. The number of hydrogen-bond donors (Lipinski definition) is 1. The molecule has 86 valence electrons. The van der Waals surface area contributed by atoms with E-state index in [0.717, 1.165) is 24.7 Å². The van der Waals surface area contributed by atoms with Crippen LogP contribution in [0, 0.1) is 0 Å². The molecular formula is C13H16ClNO. The molecule has 16 heavy (non-hydrogen) atoms. The van der Waals surface area contributed by atoms with E-state index in [9.17, 15) is 0 Å². The first-order valence-corrected chi connectivity index (χ1v) is 6.36. The maximum absolute atomic E-state index is 6.17. The van der Waals surface area contributed by atoms with Gasteiger partial charge in [0.15, 0.2) is 0 Å². The minimum Gasteiger partial charge on any atom is -0.371 e. The van der Waals surface area contributed by atoms with E-state index in [0.29, 0.717) is 0 Å². The molecule has 3 rings (SSSR count). The number of halogens is 1. The topological polar surface area (TPSA) is 21.3 Å². The van der Waals surface area contributed by atoms with Gasteiger partial charge in [0.2, 0.25) is 0 Å². The minimum absolute atomic E-state index is 0.194. The van der Waals surface area contributed by atoms with Crippen LogP contribution in [0.4, 0.5) is 0 Å². The molecule has 1 atom stereocenters. The SMILES string of the molecule is Clc1cc2c(c(C3CNCCO3)c1)CCC2. The highest BCUT2D eigenvalue weighted by molar-refractivity contribution is 6.30. The van der Waals surface area contributed by atoms with Gasteiger partial charge in [-0.05, 0) is 48.1 Å². The molecule has 1 aliphatic heterocycles. The lowest BCUT2D eigenvalue weighted by molar-refractivity contribution is 0.0272. The lowest BCUT2D eigenvalue weighted by Crippen LogP contribution is -2.33. The Bertz CT molecular complexity index is 399. The molecule has 0 radical (unpaired) electrons. The van der Waals surface area contributed by atoms with Crippen molar-refractivity contribution in [3.63, 3.8) is 0 Å². The molecule has 1 fully saturated rings. The van der Waals surface area contributed by atoms with Crippen molar-refractivity contribution in [2.75, 3.05) is 19.7 Å². The molecule has 1 aromatic carbocycles. The van der Waals surface area contributed by atoms with Gasteiger partial charge in [-0.2, -0.15) is 0 Å². The average molecular weight is 238 g/mol. The Labute approximate surface area is 101 Å². The van der Waals surface area contributed by atoms with Gasteiger partial charge in [-0.25, -0.2) is 0 Å². The highest BCUT2D eigenvalue weighted by Gasteiger charge is 2.23. The fourth-order valence-corrected chi connectivity index (χ4v) is 3.00. The fourth-order valence-electron chi connectivity index (χ4n) is 2.75. The molecule has 1 heterocycles. The Balaban J connectivity index is 1.99. The van der Waals surface area contributed by atoms with Crippen LogP contribution >= 0.6 is 11.6 Å². The Morgan fingerprint density at radius 2 is 2.25 bits per heavy atom. The number of morpholine rings is 1. The van der Waals surface area contributed by atoms with E-state index in [4.69, 9.17) is 16.3 Å². The van der Waals surface area contributed by atoms with E-state index in [2.05, 4.69) is 17.4 Å². The average Bonchev–Trinajstić information content (AvgIpc) is 2.77. The van der Waals surface area contributed by atoms with Gasteiger partial charge in [0, 0.05) is 18.1 Å². The summed E-state index contributed by atoms with van der Waals surface area (Å²) >= 11 is 6.17. The van der Waals surface area contributed by atoms with Crippen molar-refractivity contribution in [3.8, 4) is 0 Å². The van der Waals surface area contributed by atoms with Crippen molar-refractivity contribution in [3.05, 3.63) is 33.8 Å². The monoisotopic (exact) mass is 237 g/mol. The summed E-state index contributed by atoms with van der Waals surface area (Å²) in [5.74, 6) is 0. The molecule has 1 unspecified atom stereocenters. The molecular weight excluding hydrogens is 222 g/mol. The molecule has 0 bridgehead atoms. The van der Waals surface area contributed by atoms with Crippen molar-refractivity contribution in [2.45, 2.75) is 25.4 Å². The first-order valence-electron chi connectivity index (χ1n) is 5.98. The molecule has 2 nitrogen and oxygen atoms in total. The lowest BCUT2D eigenvalue weighted by atomic mass is 9.98. The molecule has 1 aromatic rings. The summed E-state index contributed by atoms with van der Waals surface area (Å²) in [6.07, 6.45) is 3.80. The fraction of sp³-hybridized carbons (Fsp3) is 0.538. The predicted molar refractivity (Wildman–Crippen MR) is 65.0 cm³/mol. The standard InChI is InChI=1S/C13H16ClNO/c14-10-6-9-2-1-3-11(9)12(7-10)13-8-15-4-5-16-13/h6-7,13,15H,1-5,8H2. The van der Waals surface area contributed by atoms with Crippen LogP contribution in [0.2, 0.25) is 5.02 Å². The molecule has 2 aliphatic rings. The first-order chi connectivity index (χ1) is 7.84. The minimum atomic E-state index is 0.194. The second-order valence-corrected chi connectivity index (χ2v) is 4.99. The van der Waals surface area contributed by atoms with Gasteiger partial charge >= 0.3 is 0 Å². The van der Waals surface area contributed by atoms with Crippen LogP contribution < -0.4 is 5.32 Å². The molecule has 0 spiro atoms. The number of rotatable bonds is 1. The van der Waals surface area contributed by atoms with Crippen LogP contribution in [0.1, 0.15) is 29.2 Å². The van der Waals surface area contributed by atoms with Gasteiger partial charge < -0.3 is 10.1 Å². The third kappa shape index (κ3) is 1.86. The van der Waals surface area contributed by atoms with Gasteiger partial charge in [-0.3, -0.25) is 0 Å². The number of ether oxygens (including phenoxy) is 1. The highest BCUT2D eigenvalue weighted by Crippen LogP contribution is 2.33. The summed E-state index contributed by atoms with van der Waals surface area (Å²) in [6.45, 7) is 2.66. The largest absolute Gasteiger partial charge is 0.371 e. The van der Waals surface area contributed by atoms with Crippen LogP contribution in [0.3, 0.4) is 0 Å². The van der Waals surface area contributed by atoms with E-state index in [1.165, 1.54) is 36.0 Å². The number of hydrogen-bond acceptors (Lipinski definition) is 2. The molecule has 3 heteroatoms. The smallest absolute Gasteiger partial charge is 0.0953 e. The summed E-state index contributed by atoms with van der Waals surface area (Å²) < 4.78 is 5.82. The highest BCUT2D eigenvalue weighted by atomic mass is 35.5. The summed E-state index contributed by atoms with van der Waals surface area (Å²) in [4.78, 5) is 0. The van der Waals surface area contributed by atoms with E-state index in [1.807, 2.05) is 0 Å². The van der Waals surface area contributed by atoms with Crippen molar-refractivity contribution in [1.29, 1.82) is 0 Å². The first kappa shape index (κ1) is 10.6. The second-order valence-electron chi connectivity index (χ2n) is 4.55. The van der Waals surface area contributed by atoms with Crippen LogP contribution in [0.25, 0.3) is 0 Å². The molecule has 0 amide bonds. The Morgan fingerprint density at radius 3 is 3.06 bits per heavy atom. The Kier molecular flexibility index (Phi) is 2.88. The zero-order valence-corrected chi connectivity index (χ0v) is 10.0. The van der Waals surface area contributed by atoms with Gasteiger partial charge in [0.05, 0.1) is 12.7 Å². The Hall–Kier alpha value is -0.570. The van der Waals surface area contributed by atoms with Gasteiger partial charge in [0.25, 0.3) is 0 Å². The number of fused-ring (bicyclic) bond motifs is 1. The van der Waals surface area contributed by atoms with Gasteiger partial charge in [-0.1, -0.05) is 11.6 Å². The third-order valence-electron chi connectivity index (χ3n) is 3.49. The number of benzene rings is 1. The van der Waals surface area contributed by atoms with E-state index >= 15 is 0 Å².